The number of carboxylic acid groups (broad SMARTS) is 1. The van der Waals surface area contributed by atoms with Crippen LogP contribution in [0, 0.1) is 11.3 Å². The molecule has 4 heteroatoms. The van der Waals surface area contributed by atoms with Crippen LogP contribution in [0.4, 0.5) is 0 Å². The van der Waals surface area contributed by atoms with E-state index < -0.39 is 5.97 Å². The van der Waals surface area contributed by atoms with Crippen molar-refractivity contribution in [2.45, 2.75) is 25.3 Å². The van der Waals surface area contributed by atoms with Crippen molar-refractivity contribution in [3.63, 3.8) is 0 Å². The van der Waals surface area contributed by atoms with Gasteiger partial charge in [-0.3, -0.25) is 4.79 Å². The average molecular weight is 178 g/mol. The second-order valence-electron chi connectivity index (χ2n) is 3.56. The maximum Gasteiger partial charge on any atom is 0.309 e. The standard InChI is InChI=1S/C7H11NO2.ClH/c8-5-1-4-2-7(4,3-5)6(9)10;/h4-5H,1-3,8H2,(H,9,10);1H/t4-,5+,7+;/m0./s1. The molecule has 0 bridgehead atoms. The van der Waals surface area contributed by atoms with Crippen LogP contribution < -0.4 is 5.73 Å². The van der Waals surface area contributed by atoms with Crippen LogP contribution >= 0.6 is 12.4 Å². The third-order valence-corrected chi connectivity index (χ3v) is 2.87. The molecule has 3 nitrogen and oxygen atoms in total. The molecule has 0 saturated heterocycles. The summed E-state index contributed by atoms with van der Waals surface area (Å²) in [7, 11) is 0. The van der Waals surface area contributed by atoms with Gasteiger partial charge in [-0.2, -0.15) is 0 Å². The van der Waals surface area contributed by atoms with Crippen LogP contribution in [0.15, 0.2) is 0 Å². The first-order chi connectivity index (χ1) is 4.65. The molecular weight excluding hydrogens is 166 g/mol. The summed E-state index contributed by atoms with van der Waals surface area (Å²) in [5.41, 5.74) is 5.24. The van der Waals surface area contributed by atoms with Gasteiger partial charge >= 0.3 is 5.97 Å². The number of fused-ring (bicyclic) bond motifs is 1. The zero-order valence-corrected chi connectivity index (χ0v) is 6.93. The third-order valence-electron chi connectivity index (χ3n) is 2.87. The Labute approximate surface area is 71.4 Å². The van der Waals surface area contributed by atoms with Crippen LogP contribution in [0.2, 0.25) is 0 Å². The van der Waals surface area contributed by atoms with E-state index in [2.05, 4.69) is 0 Å². The molecule has 0 aromatic carbocycles. The van der Waals surface area contributed by atoms with E-state index in [4.69, 9.17) is 10.8 Å². The highest BCUT2D eigenvalue weighted by atomic mass is 35.5. The van der Waals surface area contributed by atoms with Crippen LogP contribution in [0.25, 0.3) is 0 Å². The number of aliphatic carboxylic acids is 1. The smallest absolute Gasteiger partial charge is 0.309 e. The molecule has 2 aliphatic carbocycles. The summed E-state index contributed by atoms with van der Waals surface area (Å²) in [6.45, 7) is 0. The molecule has 0 aliphatic heterocycles. The van der Waals surface area contributed by atoms with Crippen LogP contribution in [0.5, 0.6) is 0 Å². The van der Waals surface area contributed by atoms with Crippen molar-refractivity contribution in [2.75, 3.05) is 0 Å². The molecule has 3 atom stereocenters. The van der Waals surface area contributed by atoms with Gasteiger partial charge in [0.05, 0.1) is 5.41 Å². The second kappa shape index (κ2) is 2.35. The molecule has 2 aliphatic rings. The van der Waals surface area contributed by atoms with E-state index in [1.54, 1.807) is 0 Å². The molecule has 11 heavy (non-hydrogen) atoms. The van der Waals surface area contributed by atoms with E-state index in [9.17, 15) is 4.79 Å². The van der Waals surface area contributed by atoms with Gasteiger partial charge < -0.3 is 10.8 Å². The normalized spacial score (nSPS) is 45.9. The van der Waals surface area contributed by atoms with E-state index in [1.165, 1.54) is 0 Å². The van der Waals surface area contributed by atoms with Crippen LogP contribution in [0.3, 0.4) is 0 Å². The van der Waals surface area contributed by atoms with Crippen molar-refractivity contribution in [1.29, 1.82) is 0 Å². The van der Waals surface area contributed by atoms with Crippen molar-refractivity contribution >= 4 is 18.4 Å². The molecule has 2 saturated carbocycles. The highest BCUT2D eigenvalue weighted by Gasteiger charge is 2.64. The Kier molecular flexibility index (Phi) is 1.89. The highest BCUT2D eigenvalue weighted by Crippen LogP contribution is 2.63. The zero-order valence-electron chi connectivity index (χ0n) is 6.12. The number of rotatable bonds is 1. The lowest BCUT2D eigenvalue weighted by atomic mass is 10.0. The molecule has 0 aromatic rings. The predicted octanol–water partition coefficient (Wildman–Crippen LogP) is 0.620. The fourth-order valence-corrected chi connectivity index (χ4v) is 2.21. The summed E-state index contributed by atoms with van der Waals surface area (Å²) >= 11 is 0. The monoisotopic (exact) mass is 177 g/mol. The number of hydrogen-bond acceptors (Lipinski definition) is 2. The first-order valence-electron chi connectivity index (χ1n) is 3.64. The van der Waals surface area contributed by atoms with Crippen molar-refractivity contribution in [3.8, 4) is 0 Å². The van der Waals surface area contributed by atoms with E-state index in [0.717, 1.165) is 12.8 Å². The topological polar surface area (TPSA) is 63.3 Å². The summed E-state index contributed by atoms with van der Waals surface area (Å²) in [6, 6.07) is 0.148. The molecule has 0 unspecified atom stereocenters. The zero-order chi connectivity index (χ0) is 7.35. The van der Waals surface area contributed by atoms with Crippen LogP contribution in [-0.2, 0) is 4.79 Å². The first kappa shape index (κ1) is 8.81. The van der Waals surface area contributed by atoms with Crippen molar-refractivity contribution in [3.05, 3.63) is 0 Å². The van der Waals surface area contributed by atoms with E-state index in [0.29, 0.717) is 12.3 Å². The van der Waals surface area contributed by atoms with Gasteiger partial charge in [-0.05, 0) is 25.2 Å². The van der Waals surface area contributed by atoms with Gasteiger partial charge in [0.2, 0.25) is 0 Å². The maximum absolute atomic E-state index is 10.7. The molecule has 0 aromatic heterocycles. The molecule has 0 spiro atoms. The summed E-state index contributed by atoms with van der Waals surface area (Å²) in [4.78, 5) is 10.7. The molecule has 0 amide bonds. The lowest BCUT2D eigenvalue weighted by molar-refractivity contribution is -0.143. The minimum atomic E-state index is -0.634. The second-order valence-corrected chi connectivity index (χ2v) is 3.56. The summed E-state index contributed by atoms with van der Waals surface area (Å²) < 4.78 is 0. The molecule has 3 N–H and O–H groups in total. The van der Waals surface area contributed by atoms with Gasteiger partial charge in [0.15, 0.2) is 0 Å². The Balaban J connectivity index is 0.000000605. The van der Waals surface area contributed by atoms with Gasteiger partial charge in [-0.25, -0.2) is 0 Å². The SMILES string of the molecule is Cl.N[C@@H]1C[C@H]2C[C@@]2(C(=O)O)C1. The molecule has 0 heterocycles. The lowest BCUT2D eigenvalue weighted by Gasteiger charge is -2.06. The summed E-state index contributed by atoms with van der Waals surface area (Å²) in [5, 5.41) is 8.78. The predicted molar refractivity (Wildman–Crippen MR) is 42.6 cm³/mol. The van der Waals surface area contributed by atoms with Gasteiger partial charge in [0, 0.05) is 6.04 Å². The Morgan fingerprint density at radius 2 is 2.18 bits per heavy atom. The highest BCUT2D eigenvalue weighted by molar-refractivity contribution is 5.85. The van der Waals surface area contributed by atoms with E-state index in [-0.39, 0.29) is 23.9 Å². The van der Waals surface area contributed by atoms with Gasteiger partial charge in [-0.1, -0.05) is 0 Å². The van der Waals surface area contributed by atoms with Crippen LogP contribution in [-0.4, -0.2) is 17.1 Å². The molecule has 2 rings (SSSR count). The van der Waals surface area contributed by atoms with Crippen molar-refractivity contribution < 1.29 is 9.90 Å². The first-order valence-corrected chi connectivity index (χ1v) is 3.64. The number of halogens is 1. The summed E-state index contributed by atoms with van der Waals surface area (Å²) in [6.07, 6.45) is 2.50. The maximum atomic E-state index is 10.7. The quantitative estimate of drug-likeness (QED) is 0.617. The third kappa shape index (κ3) is 1.03. The molecule has 2 fully saturated rings. The fourth-order valence-electron chi connectivity index (χ4n) is 2.21. The molecule has 64 valence electrons. The number of carboxylic acids is 1. The Hall–Kier alpha value is -0.280. The minimum absolute atomic E-state index is 0. The van der Waals surface area contributed by atoms with Gasteiger partial charge in [-0.15, -0.1) is 12.4 Å². The van der Waals surface area contributed by atoms with E-state index in [1.807, 2.05) is 0 Å². The fraction of sp³-hybridized carbons (Fsp3) is 0.857. The Morgan fingerprint density at radius 1 is 1.55 bits per heavy atom. The van der Waals surface area contributed by atoms with Crippen molar-refractivity contribution in [1.82, 2.24) is 0 Å². The number of hydrogen-bond donors (Lipinski definition) is 2. The Bertz CT molecular complexity index is 197. The summed E-state index contributed by atoms with van der Waals surface area (Å²) in [5.74, 6) is -0.231. The number of nitrogens with two attached hydrogens (primary N) is 1. The minimum Gasteiger partial charge on any atom is -0.481 e. The van der Waals surface area contributed by atoms with Gasteiger partial charge in [0.1, 0.15) is 0 Å². The largest absolute Gasteiger partial charge is 0.481 e. The average Bonchev–Trinajstić information content (AvgIpc) is 2.37. The number of carbonyl (C=O) groups is 1. The van der Waals surface area contributed by atoms with E-state index >= 15 is 0 Å². The lowest BCUT2D eigenvalue weighted by Crippen LogP contribution is -2.22. The van der Waals surface area contributed by atoms with Crippen LogP contribution in [0.1, 0.15) is 19.3 Å². The Morgan fingerprint density at radius 3 is 2.45 bits per heavy atom. The molecule has 0 radical (unpaired) electrons. The van der Waals surface area contributed by atoms with Crippen molar-refractivity contribution in [2.24, 2.45) is 17.1 Å². The molecular formula is C7H12ClNO2. The van der Waals surface area contributed by atoms with Gasteiger partial charge in [0.25, 0.3) is 0 Å².